The highest BCUT2D eigenvalue weighted by Crippen LogP contribution is 2.25. The molecule has 0 saturated heterocycles. The topological polar surface area (TPSA) is 28.7 Å². The number of hydrogen-bond acceptors (Lipinski definition) is 1. The minimum absolute atomic E-state index is 1.01. The smallest absolute Gasteiger partial charge is 0.0725 e. The predicted octanol–water partition coefficient (Wildman–Crippen LogP) is 5.09. The molecule has 1 aromatic heterocycles. The van der Waals surface area contributed by atoms with Crippen LogP contribution in [0.4, 0.5) is 0 Å². The van der Waals surface area contributed by atoms with Gasteiger partial charge in [-0.15, -0.1) is 0 Å². The van der Waals surface area contributed by atoms with Crippen LogP contribution in [-0.2, 0) is 0 Å². The van der Waals surface area contributed by atoms with Gasteiger partial charge in [-0.1, -0.05) is 61.3 Å². The molecule has 0 atom stereocenters. The molecule has 0 aliphatic carbocycles. The number of hydrogen-bond donors (Lipinski definition) is 1. The highest BCUT2D eigenvalue weighted by molar-refractivity contribution is 5.85. The molecule has 0 bridgehead atoms. The van der Waals surface area contributed by atoms with Crippen LogP contribution in [0.2, 0.25) is 0 Å². The Kier molecular flexibility index (Phi) is 6.83. The molecule has 0 aliphatic heterocycles. The van der Waals surface area contributed by atoms with Crippen LogP contribution in [0.1, 0.15) is 32.0 Å². The third-order valence-corrected chi connectivity index (χ3v) is 2.78. The Morgan fingerprint density at radius 2 is 1.90 bits per heavy atom. The van der Waals surface area contributed by atoms with Gasteiger partial charge in [0.05, 0.1) is 11.9 Å². The van der Waals surface area contributed by atoms with E-state index in [1.54, 1.807) is 6.08 Å². The molecule has 20 heavy (non-hydrogen) atoms. The van der Waals surface area contributed by atoms with Gasteiger partial charge in [0.15, 0.2) is 0 Å². The molecular formula is C18H22N2. The molecule has 1 heterocycles. The van der Waals surface area contributed by atoms with E-state index in [1.807, 2.05) is 57.3 Å². The van der Waals surface area contributed by atoms with Crippen LogP contribution < -0.4 is 0 Å². The van der Waals surface area contributed by atoms with Crippen molar-refractivity contribution in [2.75, 3.05) is 0 Å². The molecule has 1 aromatic rings. The van der Waals surface area contributed by atoms with Crippen LogP contribution in [0.25, 0.3) is 11.1 Å². The average molecular weight is 266 g/mol. The van der Waals surface area contributed by atoms with E-state index < -0.39 is 0 Å². The Hall–Kier alpha value is -2.35. The Labute approximate surface area is 121 Å². The molecule has 2 nitrogen and oxygen atoms in total. The molecule has 0 saturated carbocycles. The predicted molar refractivity (Wildman–Crippen MR) is 89.2 cm³/mol. The first-order valence-corrected chi connectivity index (χ1v) is 6.73. The third-order valence-electron chi connectivity index (χ3n) is 2.78. The standard InChI is InChI=1S/C18H22N2/c1-5-9-12-15(8-4)18-17(14-19-20-18)16(11-7-3)13-10-6-2/h5-14H,1H2,2-4H3,(H,19,20)/b10-6-,11-7-,12-9-,15-8+,16-13+. The summed E-state index contributed by atoms with van der Waals surface area (Å²) >= 11 is 0. The summed E-state index contributed by atoms with van der Waals surface area (Å²) in [4.78, 5) is 0. The number of rotatable bonds is 6. The summed E-state index contributed by atoms with van der Waals surface area (Å²) in [7, 11) is 0. The maximum Gasteiger partial charge on any atom is 0.0725 e. The molecular weight excluding hydrogens is 244 g/mol. The molecule has 0 amide bonds. The van der Waals surface area contributed by atoms with Gasteiger partial charge in [-0.2, -0.15) is 5.10 Å². The van der Waals surface area contributed by atoms with E-state index in [4.69, 9.17) is 0 Å². The fourth-order valence-corrected chi connectivity index (χ4v) is 1.84. The van der Waals surface area contributed by atoms with Crippen molar-refractivity contribution < 1.29 is 0 Å². The molecule has 0 fully saturated rings. The molecule has 0 spiro atoms. The van der Waals surface area contributed by atoms with Gasteiger partial charge < -0.3 is 0 Å². The van der Waals surface area contributed by atoms with Crippen molar-refractivity contribution in [3.05, 3.63) is 78.7 Å². The summed E-state index contributed by atoms with van der Waals surface area (Å²) in [5, 5.41) is 7.26. The first kappa shape index (κ1) is 15.7. The summed E-state index contributed by atoms with van der Waals surface area (Å²) < 4.78 is 0. The quantitative estimate of drug-likeness (QED) is 0.714. The molecule has 1 N–H and O–H groups in total. The van der Waals surface area contributed by atoms with E-state index in [9.17, 15) is 0 Å². The fraction of sp³-hybridized carbons (Fsp3) is 0.167. The Balaban J connectivity index is 3.30. The number of aromatic nitrogens is 2. The maximum absolute atomic E-state index is 4.19. The van der Waals surface area contributed by atoms with Gasteiger partial charge in [-0.3, -0.25) is 5.10 Å². The van der Waals surface area contributed by atoms with E-state index in [0.717, 1.165) is 22.4 Å². The molecule has 1 rings (SSSR count). The van der Waals surface area contributed by atoms with Crippen LogP contribution in [0.3, 0.4) is 0 Å². The van der Waals surface area contributed by atoms with Crippen molar-refractivity contribution in [1.82, 2.24) is 10.2 Å². The number of nitrogens with zero attached hydrogens (tertiary/aromatic N) is 1. The van der Waals surface area contributed by atoms with E-state index in [-0.39, 0.29) is 0 Å². The van der Waals surface area contributed by atoms with Gasteiger partial charge in [0.2, 0.25) is 0 Å². The van der Waals surface area contributed by atoms with E-state index in [1.165, 1.54) is 0 Å². The van der Waals surface area contributed by atoms with E-state index in [0.29, 0.717) is 0 Å². The van der Waals surface area contributed by atoms with Gasteiger partial charge >= 0.3 is 0 Å². The van der Waals surface area contributed by atoms with Crippen LogP contribution in [-0.4, -0.2) is 10.2 Å². The summed E-state index contributed by atoms with van der Waals surface area (Å²) in [5.41, 5.74) is 4.32. The van der Waals surface area contributed by atoms with Crippen LogP contribution in [0, 0.1) is 0 Å². The number of aromatic amines is 1. The van der Waals surface area contributed by atoms with Crippen LogP contribution in [0.15, 0.2) is 67.5 Å². The summed E-state index contributed by atoms with van der Waals surface area (Å²) in [5.74, 6) is 0. The van der Waals surface area contributed by atoms with Gasteiger partial charge in [0, 0.05) is 5.56 Å². The van der Waals surface area contributed by atoms with Gasteiger partial charge in [0.25, 0.3) is 0 Å². The summed E-state index contributed by atoms with van der Waals surface area (Å²) in [6, 6.07) is 0. The molecule has 0 aliphatic rings. The molecule has 2 heteroatoms. The molecule has 0 aromatic carbocycles. The first-order chi connectivity index (χ1) is 9.78. The highest BCUT2D eigenvalue weighted by Gasteiger charge is 2.09. The summed E-state index contributed by atoms with van der Waals surface area (Å²) in [6.07, 6.45) is 19.9. The Bertz CT molecular complexity index is 578. The zero-order valence-corrected chi connectivity index (χ0v) is 12.4. The lowest BCUT2D eigenvalue weighted by atomic mass is 10.0. The monoisotopic (exact) mass is 266 g/mol. The largest absolute Gasteiger partial charge is 0.277 e. The normalized spacial score (nSPS) is 13.9. The van der Waals surface area contributed by atoms with Gasteiger partial charge in [-0.25, -0.2) is 0 Å². The second-order valence-corrected chi connectivity index (χ2v) is 4.15. The Morgan fingerprint density at radius 1 is 1.10 bits per heavy atom. The highest BCUT2D eigenvalue weighted by atomic mass is 15.1. The lowest BCUT2D eigenvalue weighted by Gasteiger charge is -2.04. The van der Waals surface area contributed by atoms with Crippen molar-refractivity contribution in [3.8, 4) is 0 Å². The van der Waals surface area contributed by atoms with Crippen molar-refractivity contribution in [2.24, 2.45) is 0 Å². The van der Waals surface area contributed by atoms with Crippen LogP contribution in [0.5, 0.6) is 0 Å². The fourth-order valence-electron chi connectivity index (χ4n) is 1.84. The lowest BCUT2D eigenvalue weighted by molar-refractivity contribution is 1.07. The SMILES string of the molecule is C=C/C=C\C(=C/C)c1[nH]ncc1C(/C=C\C)=C/C=C\C. The van der Waals surface area contributed by atoms with E-state index >= 15 is 0 Å². The second-order valence-electron chi connectivity index (χ2n) is 4.15. The minimum atomic E-state index is 1.01. The zero-order valence-electron chi connectivity index (χ0n) is 12.4. The third kappa shape index (κ3) is 4.09. The lowest BCUT2D eigenvalue weighted by Crippen LogP contribution is -1.88. The summed E-state index contributed by atoms with van der Waals surface area (Å²) in [6.45, 7) is 9.73. The second kappa shape index (κ2) is 8.70. The van der Waals surface area contributed by atoms with Crippen molar-refractivity contribution >= 4 is 11.1 Å². The van der Waals surface area contributed by atoms with Gasteiger partial charge in [0.1, 0.15) is 0 Å². The number of allylic oxidation sites excluding steroid dienone is 11. The maximum atomic E-state index is 4.19. The number of H-pyrrole nitrogens is 1. The van der Waals surface area contributed by atoms with Crippen molar-refractivity contribution in [1.29, 1.82) is 0 Å². The first-order valence-electron chi connectivity index (χ1n) is 6.73. The molecule has 0 radical (unpaired) electrons. The zero-order chi connectivity index (χ0) is 14.8. The molecule has 104 valence electrons. The molecule has 0 unspecified atom stereocenters. The van der Waals surface area contributed by atoms with Crippen molar-refractivity contribution in [2.45, 2.75) is 20.8 Å². The minimum Gasteiger partial charge on any atom is -0.277 e. The number of nitrogens with one attached hydrogen (secondary N) is 1. The Morgan fingerprint density at radius 3 is 2.50 bits per heavy atom. The van der Waals surface area contributed by atoms with Gasteiger partial charge in [-0.05, 0) is 31.9 Å². The van der Waals surface area contributed by atoms with Crippen LogP contribution >= 0.6 is 0 Å². The average Bonchev–Trinajstić information content (AvgIpc) is 2.93. The van der Waals surface area contributed by atoms with Crippen molar-refractivity contribution in [3.63, 3.8) is 0 Å². The van der Waals surface area contributed by atoms with E-state index in [2.05, 4.69) is 35.0 Å².